The van der Waals surface area contributed by atoms with E-state index in [9.17, 15) is 0 Å². The highest BCUT2D eigenvalue weighted by molar-refractivity contribution is 5.93. The molecule has 1 nitrogen and oxygen atoms in total. The molecule has 134 valence electrons. The maximum absolute atomic E-state index is 2.38. The van der Waals surface area contributed by atoms with Crippen molar-refractivity contribution in [2.75, 3.05) is 19.6 Å². The third kappa shape index (κ3) is 4.97. The van der Waals surface area contributed by atoms with Crippen LogP contribution in [0.1, 0.15) is 59.3 Å². The van der Waals surface area contributed by atoms with Crippen molar-refractivity contribution in [3.8, 4) is 0 Å². The monoisotopic (exact) mass is 347 g/mol. The molecule has 0 unspecified atom stereocenters. The molecular weight excluding hydrogens is 314 g/mol. The SMILES string of the molecule is CCCCCC[N+](CCC)(CCC)c1cccc2ccccc12.[Cl-]. The lowest BCUT2D eigenvalue weighted by Crippen LogP contribution is -3.00. The van der Waals surface area contributed by atoms with Gasteiger partial charge in [-0.1, -0.05) is 63.9 Å². The van der Waals surface area contributed by atoms with E-state index in [4.69, 9.17) is 0 Å². The topological polar surface area (TPSA) is 0 Å². The molecule has 0 aliphatic heterocycles. The number of unbranched alkanes of at least 4 members (excludes halogenated alkanes) is 3. The lowest BCUT2D eigenvalue weighted by Gasteiger charge is -2.39. The lowest BCUT2D eigenvalue weighted by atomic mass is 10.0. The standard InChI is InChI=1S/C22H34N.ClH/c1-4-7-8-11-19-23(17-5-2,18-6-3)22-16-12-14-20-13-9-10-15-21(20)22;/h9-10,12-16H,4-8,11,17-19H2,1-3H3;1H/q+1;/p-1. The number of benzene rings is 2. The molecule has 0 aliphatic rings. The van der Waals surface area contributed by atoms with E-state index >= 15 is 0 Å². The van der Waals surface area contributed by atoms with Crippen molar-refractivity contribution in [2.24, 2.45) is 0 Å². The minimum absolute atomic E-state index is 0. The molecule has 24 heavy (non-hydrogen) atoms. The summed E-state index contributed by atoms with van der Waals surface area (Å²) >= 11 is 0. The van der Waals surface area contributed by atoms with Gasteiger partial charge < -0.3 is 12.4 Å². The summed E-state index contributed by atoms with van der Waals surface area (Å²) < 4.78 is 1.16. The fraction of sp³-hybridized carbons (Fsp3) is 0.545. The van der Waals surface area contributed by atoms with Crippen LogP contribution in [0, 0.1) is 0 Å². The number of hydrogen-bond acceptors (Lipinski definition) is 0. The quantitative estimate of drug-likeness (QED) is 0.455. The van der Waals surface area contributed by atoms with E-state index in [2.05, 4.69) is 63.2 Å². The molecule has 2 rings (SSSR count). The van der Waals surface area contributed by atoms with Crippen molar-refractivity contribution in [1.82, 2.24) is 4.48 Å². The minimum Gasteiger partial charge on any atom is -1.00 e. The molecule has 2 aromatic rings. The molecule has 0 saturated carbocycles. The van der Waals surface area contributed by atoms with Crippen LogP contribution in [0.3, 0.4) is 0 Å². The average molecular weight is 348 g/mol. The molecule has 2 aromatic carbocycles. The zero-order valence-corrected chi connectivity index (χ0v) is 16.5. The summed E-state index contributed by atoms with van der Waals surface area (Å²) in [4.78, 5) is 0. The van der Waals surface area contributed by atoms with Crippen LogP contribution < -0.4 is 16.9 Å². The normalized spacial score (nSPS) is 11.5. The van der Waals surface area contributed by atoms with Crippen LogP contribution in [-0.4, -0.2) is 19.6 Å². The Labute approximate surface area is 155 Å². The number of hydrogen-bond donors (Lipinski definition) is 0. The molecular formula is C22H34ClN. The molecule has 0 atom stereocenters. The Kier molecular flexibility index (Phi) is 9.39. The first-order chi connectivity index (χ1) is 11.3. The van der Waals surface area contributed by atoms with Crippen LogP contribution in [-0.2, 0) is 0 Å². The van der Waals surface area contributed by atoms with Crippen LogP contribution in [0.5, 0.6) is 0 Å². The Bertz CT molecular complexity index is 582. The second kappa shape index (κ2) is 10.7. The molecule has 0 saturated heterocycles. The number of halogens is 1. The molecule has 0 spiro atoms. The molecule has 0 fully saturated rings. The maximum Gasteiger partial charge on any atom is 0.140 e. The summed E-state index contributed by atoms with van der Waals surface area (Å²) in [6.07, 6.45) is 7.89. The number of fused-ring (bicyclic) bond motifs is 1. The van der Waals surface area contributed by atoms with E-state index in [0.717, 1.165) is 4.48 Å². The summed E-state index contributed by atoms with van der Waals surface area (Å²) in [5, 5.41) is 2.83. The second-order valence-electron chi connectivity index (χ2n) is 6.87. The zero-order chi connectivity index (χ0) is 16.5. The van der Waals surface area contributed by atoms with Crippen LogP contribution in [0.25, 0.3) is 10.8 Å². The molecule has 0 radical (unpaired) electrons. The highest BCUT2D eigenvalue weighted by Gasteiger charge is 2.29. The van der Waals surface area contributed by atoms with Crippen molar-refractivity contribution in [1.29, 1.82) is 0 Å². The van der Waals surface area contributed by atoms with Gasteiger partial charge in [0.25, 0.3) is 0 Å². The molecule has 2 heteroatoms. The third-order valence-corrected chi connectivity index (χ3v) is 5.02. The lowest BCUT2D eigenvalue weighted by molar-refractivity contribution is -0.00000493. The van der Waals surface area contributed by atoms with Gasteiger partial charge in [0.2, 0.25) is 0 Å². The van der Waals surface area contributed by atoms with Crippen molar-refractivity contribution in [3.05, 3.63) is 42.5 Å². The largest absolute Gasteiger partial charge is 1.00 e. The van der Waals surface area contributed by atoms with Crippen molar-refractivity contribution in [2.45, 2.75) is 59.3 Å². The molecule has 0 aliphatic carbocycles. The fourth-order valence-electron chi connectivity index (χ4n) is 4.02. The first-order valence-electron chi connectivity index (χ1n) is 9.61. The molecule has 0 heterocycles. The molecule has 0 N–H and O–H groups in total. The Morgan fingerprint density at radius 3 is 2.00 bits per heavy atom. The predicted molar refractivity (Wildman–Crippen MR) is 105 cm³/mol. The van der Waals surface area contributed by atoms with Crippen molar-refractivity contribution < 1.29 is 12.4 Å². The van der Waals surface area contributed by atoms with E-state index < -0.39 is 0 Å². The van der Waals surface area contributed by atoms with Gasteiger partial charge in [0.1, 0.15) is 5.69 Å². The first kappa shape index (κ1) is 21.0. The van der Waals surface area contributed by atoms with E-state index in [1.165, 1.54) is 68.9 Å². The molecule has 0 bridgehead atoms. The third-order valence-electron chi connectivity index (χ3n) is 5.02. The Balaban J connectivity index is 0.00000288. The van der Waals surface area contributed by atoms with Gasteiger partial charge in [0, 0.05) is 5.39 Å². The maximum atomic E-state index is 2.38. The van der Waals surface area contributed by atoms with Gasteiger partial charge in [0.15, 0.2) is 0 Å². The van der Waals surface area contributed by atoms with E-state index in [1.54, 1.807) is 5.69 Å². The minimum atomic E-state index is 0. The average Bonchev–Trinajstić information content (AvgIpc) is 2.58. The van der Waals surface area contributed by atoms with Crippen LogP contribution in [0.15, 0.2) is 42.5 Å². The Morgan fingerprint density at radius 2 is 1.33 bits per heavy atom. The zero-order valence-electron chi connectivity index (χ0n) is 15.7. The van der Waals surface area contributed by atoms with Crippen LogP contribution in [0.4, 0.5) is 5.69 Å². The molecule has 0 aromatic heterocycles. The van der Waals surface area contributed by atoms with E-state index in [1.807, 2.05) is 0 Å². The summed E-state index contributed by atoms with van der Waals surface area (Å²) in [7, 11) is 0. The van der Waals surface area contributed by atoms with Crippen LogP contribution >= 0.6 is 0 Å². The second-order valence-corrected chi connectivity index (χ2v) is 6.87. The van der Waals surface area contributed by atoms with Gasteiger partial charge in [-0.15, -0.1) is 0 Å². The number of nitrogens with zero attached hydrogens (tertiary/aromatic N) is 1. The summed E-state index contributed by atoms with van der Waals surface area (Å²) in [6, 6.07) is 15.8. The summed E-state index contributed by atoms with van der Waals surface area (Å²) in [5.41, 5.74) is 1.54. The Hall–Kier alpha value is -1.05. The first-order valence-corrected chi connectivity index (χ1v) is 9.61. The van der Waals surface area contributed by atoms with E-state index in [-0.39, 0.29) is 12.4 Å². The highest BCUT2D eigenvalue weighted by atomic mass is 35.5. The fourth-order valence-corrected chi connectivity index (χ4v) is 4.02. The number of quaternary nitrogens is 1. The van der Waals surface area contributed by atoms with Crippen LogP contribution in [0.2, 0.25) is 0 Å². The number of rotatable bonds is 10. The molecule has 0 amide bonds. The van der Waals surface area contributed by atoms with Gasteiger partial charge in [-0.25, -0.2) is 0 Å². The van der Waals surface area contributed by atoms with Gasteiger partial charge in [-0.3, -0.25) is 4.48 Å². The van der Waals surface area contributed by atoms with Crippen molar-refractivity contribution in [3.63, 3.8) is 0 Å². The van der Waals surface area contributed by atoms with Gasteiger partial charge in [-0.2, -0.15) is 0 Å². The summed E-state index contributed by atoms with van der Waals surface area (Å²) in [6.45, 7) is 10.8. The van der Waals surface area contributed by atoms with Gasteiger partial charge in [0.05, 0.1) is 19.6 Å². The van der Waals surface area contributed by atoms with Gasteiger partial charge in [-0.05, 0) is 43.2 Å². The highest BCUT2D eigenvalue weighted by Crippen LogP contribution is 2.33. The van der Waals surface area contributed by atoms with Gasteiger partial charge >= 0.3 is 0 Å². The van der Waals surface area contributed by atoms with E-state index in [0.29, 0.717) is 0 Å². The Morgan fingerprint density at radius 1 is 0.667 bits per heavy atom. The predicted octanol–water partition coefficient (Wildman–Crippen LogP) is 3.55. The smallest absolute Gasteiger partial charge is 0.140 e. The van der Waals surface area contributed by atoms with Crippen molar-refractivity contribution >= 4 is 16.5 Å². The summed E-state index contributed by atoms with van der Waals surface area (Å²) in [5.74, 6) is 0.